The van der Waals surface area contributed by atoms with Crippen molar-refractivity contribution in [3.8, 4) is 0 Å². The van der Waals surface area contributed by atoms with E-state index in [1.807, 2.05) is 24.4 Å². The number of hydrogen-bond donors (Lipinski definition) is 0. The van der Waals surface area contributed by atoms with Crippen LogP contribution in [-0.4, -0.2) is 24.3 Å². The Hall–Kier alpha value is -1.31. The van der Waals surface area contributed by atoms with E-state index < -0.39 is 0 Å². The van der Waals surface area contributed by atoms with Crippen molar-refractivity contribution in [3.05, 3.63) is 35.9 Å². The molecule has 0 N–H and O–H groups in total. The summed E-state index contributed by atoms with van der Waals surface area (Å²) in [7, 11) is 0. The van der Waals surface area contributed by atoms with E-state index in [1.165, 1.54) is 24.8 Å². The first-order valence-electron chi connectivity index (χ1n) is 5.29. The van der Waals surface area contributed by atoms with Gasteiger partial charge < -0.3 is 0 Å². The highest BCUT2D eigenvalue weighted by Crippen LogP contribution is 2.08. The zero-order valence-corrected chi connectivity index (χ0v) is 8.39. The largest absolute Gasteiger partial charge is 0.297 e. The highest BCUT2D eigenvalue weighted by Gasteiger charge is 2.05. The van der Waals surface area contributed by atoms with Crippen LogP contribution in [0.25, 0.3) is 0 Å². The number of rotatable bonds is 2. The fourth-order valence-electron chi connectivity index (χ4n) is 1.68. The molecule has 2 heteroatoms. The summed E-state index contributed by atoms with van der Waals surface area (Å²) in [6.45, 7) is 2.23. The summed E-state index contributed by atoms with van der Waals surface area (Å²) in [5.41, 5.74) is 1.18. The molecule has 0 aromatic heterocycles. The summed E-state index contributed by atoms with van der Waals surface area (Å²) in [4.78, 5) is 0. The molecule has 0 atom stereocenters. The van der Waals surface area contributed by atoms with Crippen LogP contribution in [0.4, 0.5) is 0 Å². The van der Waals surface area contributed by atoms with Crippen LogP contribution in [0.2, 0.25) is 0 Å². The molecule has 74 valence electrons. The maximum absolute atomic E-state index is 4.46. The second-order valence-electron chi connectivity index (χ2n) is 3.67. The van der Waals surface area contributed by atoms with Crippen LogP contribution in [0.5, 0.6) is 0 Å². The lowest BCUT2D eigenvalue weighted by Gasteiger charge is -2.23. The molecule has 2 nitrogen and oxygen atoms in total. The first-order valence-corrected chi connectivity index (χ1v) is 5.29. The van der Waals surface area contributed by atoms with Crippen molar-refractivity contribution in [2.75, 3.05) is 13.1 Å². The van der Waals surface area contributed by atoms with Crippen LogP contribution < -0.4 is 0 Å². The van der Waals surface area contributed by atoms with Gasteiger partial charge in [-0.2, -0.15) is 5.10 Å². The van der Waals surface area contributed by atoms with E-state index in [4.69, 9.17) is 0 Å². The zero-order chi connectivity index (χ0) is 9.64. The number of benzene rings is 1. The molecule has 0 aliphatic carbocycles. The molecule has 0 radical (unpaired) electrons. The molecule has 0 bridgehead atoms. The van der Waals surface area contributed by atoms with Gasteiger partial charge in [0.25, 0.3) is 0 Å². The molecule has 1 aliphatic heterocycles. The molecule has 2 rings (SSSR count). The predicted molar refractivity (Wildman–Crippen MR) is 59.5 cm³/mol. The van der Waals surface area contributed by atoms with Crippen molar-refractivity contribution in [1.29, 1.82) is 0 Å². The molecule has 1 saturated heterocycles. The fourth-order valence-corrected chi connectivity index (χ4v) is 1.68. The van der Waals surface area contributed by atoms with Gasteiger partial charge >= 0.3 is 0 Å². The first-order chi connectivity index (χ1) is 6.95. The van der Waals surface area contributed by atoms with Crippen LogP contribution in [0.1, 0.15) is 24.8 Å². The maximum atomic E-state index is 4.46. The molecular formula is C12H16N2. The van der Waals surface area contributed by atoms with Crippen molar-refractivity contribution in [2.45, 2.75) is 19.3 Å². The molecule has 1 aromatic carbocycles. The number of nitrogens with zero attached hydrogens (tertiary/aromatic N) is 2. The Morgan fingerprint density at radius 3 is 2.43 bits per heavy atom. The van der Waals surface area contributed by atoms with E-state index in [0.29, 0.717) is 0 Å². The molecule has 14 heavy (non-hydrogen) atoms. The third-order valence-corrected chi connectivity index (χ3v) is 2.50. The van der Waals surface area contributed by atoms with Gasteiger partial charge in [-0.25, -0.2) is 0 Å². The average Bonchev–Trinajstić information content (AvgIpc) is 2.29. The van der Waals surface area contributed by atoms with Crippen LogP contribution in [-0.2, 0) is 0 Å². The second kappa shape index (κ2) is 4.80. The minimum Gasteiger partial charge on any atom is -0.297 e. The molecular weight excluding hydrogens is 172 g/mol. The van der Waals surface area contributed by atoms with Crippen LogP contribution >= 0.6 is 0 Å². The number of hydrazone groups is 1. The Labute approximate surface area is 85.2 Å². The normalized spacial score (nSPS) is 17.6. The molecule has 0 unspecified atom stereocenters. The highest BCUT2D eigenvalue weighted by atomic mass is 15.4. The van der Waals surface area contributed by atoms with E-state index in [0.717, 1.165) is 13.1 Å². The van der Waals surface area contributed by atoms with Gasteiger partial charge in [0.05, 0.1) is 6.21 Å². The Morgan fingerprint density at radius 2 is 1.71 bits per heavy atom. The van der Waals surface area contributed by atoms with E-state index >= 15 is 0 Å². The van der Waals surface area contributed by atoms with Gasteiger partial charge in [-0.15, -0.1) is 0 Å². The molecule has 0 saturated carbocycles. The molecule has 0 spiro atoms. The Kier molecular flexibility index (Phi) is 3.17. The average molecular weight is 188 g/mol. The van der Waals surface area contributed by atoms with Crippen molar-refractivity contribution >= 4 is 6.21 Å². The van der Waals surface area contributed by atoms with Crippen molar-refractivity contribution in [2.24, 2.45) is 5.10 Å². The Bertz CT molecular complexity index is 286. The fraction of sp³-hybridized carbons (Fsp3) is 0.417. The van der Waals surface area contributed by atoms with Gasteiger partial charge in [-0.05, 0) is 24.8 Å². The molecule has 1 aromatic rings. The van der Waals surface area contributed by atoms with E-state index in [9.17, 15) is 0 Å². The molecule has 1 heterocycles. The standard InChI is InChI=1S/C12H16N2/c1-3-7-12(8-4-1)11-13-14-9-5-2-6-10-14/h1,3-4,7-8,11H,2,5-6,9-10H2/b13-11+. The van der Waals surface area contributed by atoms with Crippen LogP contribution in [0.3, 0.4) is 0 Å². The topological polar surface area (TPSA) is 15.6 Å². The monoisotopic (exact) mass is 188 g/mol. The summed E-state index contributed by atoms with van der Waals surface area (Å²) in [6, 6.07) is 10.3. The second-order valence-corrected chi connectivity index (χ2v) is 3.67. The summed E-state index contributed by atoms with van der Waals surface area (Å²) < 4.78 is 0. The summed E-state index contributed by atoms with van der Waals surface area (Å²) in [5.74, 6) is 0. The van der Waals surface area contributed by atoms with Crippen molar-refractivity contribution in [3.63, 3.8) is 0 Å². The smallest absolute Gasteiger partial charge is 0.0542 e. The minimum atomic E-state index is 1.11. The van der Waals surface area contributed by atoms with E-state index in [-0.39, 0.29) is 0 Å². The predicted octanol–water partition coefficient (Wildman–Crippen LogP) is 2.51. The third kappa shape index (κ3) is 2.59. The summed E-state index contributed by atoms with van der Waals surface area (Å²) in [6.07, 6.45) is 5.88. The number of piperidine rings is 1. The Morgan fingerprint density at radius 1 is 1.00 bits per heavy atom. The van der Waals surface area contributed by atoms with Crippen molar-refractivity contribution in [1.82, 2.24) is 5.01 Å². The lowest BCUT2D eigenvalue weighted by atomic mass is 10.2. The quantitative estimate of drug-likeness (QED) is 0.651. The first kappa shape index (κ1) is 9.25. The van der Waals surface area contributed by atoms with Gasteiger partial charge in [-0.3, -0.25) is 5.01 Å². The van der Waals surface area contributed by atoms with E-state index in [2.05, 4.69) is 22.2 Å². The van der Waals surface area contributed by atoms with Crippen LogP contribution in [0.15, 0.2) is 35.4 Å². The zero-order valence-electron chi connectivity index (χ0n) is 8.39. The van der Waals surface area contributed by atoms with Crippen LogP contribution in [0, 0.1) is 0 Å². The summed E-state index contributed by atoms with van der Waals surface area (Å²) in [5, 5.41) is 6.62. The lowest BCUT2D eigenvalue weighted by molar-refractivity contribution is 0.240. The Balaban J connectivity index is 1.93. The third-order valence-electron chi connectivity index (χ3n) is 2.50. The molecule has 1 aliphatic rings. The van der Waals surface area contributed by atoms with Gasteiger partial charge in [0.15, 0.2) is 0 Å². The molecule has 0 amide bonds. The highest BCUT2D eigenvalue weighted by molar-refractivity contribution is 5.79. The van der Waals surface area contributed by atoms with Gasteiger partial charge in [-0.1, -0.05) is 30.3 Å². The van der Waals surface area contributed by atoms with Gasteiger partial charge in [0.2, 0.25) is 0 Å². The lowest BCUT2D eigenvalue weighted by Crippen LogP contribution is -2.24. The summed E-state index contributed by atoms with van der Waals surface area (Å²) >= 11 is 0. The van der Waals surface area contributed by atoms with Gasteiger partial charge in [0, 0.05) is 13.1 Å². The molecule has 1 fully saturated rings. The van der Waals surface area contributed by atoms with Crippen molar-refractivity contribution < 1.29 is 0 Å². The minimum absolute atomic E-state index is 1.11. The number of hydrogen-bond acceptors (Lipinski definition) is 2. The maximum Gasteiger partial charge on any atom is 0.0542 e. The van der Waals surface area contributed by atoms with E-state index in [1.54, 1.807) is 0 Å². The SMILES string of the molecule is C(=N\N1CCCCC1)/c1ccccc1. The van der Waals surface area contributed by atoms with Gasteiger partial charge in [0.1, 0.15) is 0 Å².